The first-order valence-corrected chi connectivity index (χ1v) is 4.46. The van der Waals surface area contributed by atoms with Crippen LogP contribution < -0.4 is 5.06 Å². The molecule has 0 rings (SSSR count). The topological polar surface area (TPSA) is 37.5 Å². The average molecular weight is 171 g/mol. The summed E-state index contributed by atoms with van der Waals surface area (Å²) in [5, 5.41) is 9.42. The fourth-order valence-electron chi connectivity index (χ4n) is 1.21. The molecule has 0 spiro atoms. The van der Waals surface area contributed by atoms with Crippen molar-refractivity contribution >= 4 is 0 Å². The third-order valence-corrected chi connectivity index (χ3v) is 1.62. The lowest BCUT2D eigenvalue weighted by Gasteiger charge is -2.24. The van der Waals surface area contributed by atoms with E-state index in [0.717, 1.165) is 5.06 Å². The minimum atomic E-state index is 0.448. The number of nitrogens with one attached hydrogen (secondary N) is 1. The second-order valence-electron chi connectivity index (χ2n) is 3.47. The van der Waals surface area contributed by atoms with Crippen LogP contribution in [-0.2, 0) is 4.84 Å². The lowest BCUT2D eigenvalue weighted by atomic mass is 10.3. The van der Waals surface area contributed by atoms with Gasteiger partial charge >= 0.3 is 0 Å². The van der Waals surface area contributed by atoms with Gasteiger partial charge in [0.1, 0.15) is 18.7 Å². The fraction of sp³-hybridized carbons (Fsp3) is 0.889. The van der Waals surface area contributed by atoms with Crippen LogP contribution in [-0.4, -0.2) is 18.7 Å². The first kappa shape index (κ1) is 11.4. The monoisotopic (exact) mass is 171 g/mol. The third-order valence-electron chi connectivity index (χ3n) is 1.62. The smallest absolute Gasteiger partial charge is 0.119 e. The Morgan fingerprint density at radius 2 is 1.75 bits per heavy atom. The molecular weight excluding hydrogens is 152 g/mol. The van der Waals surface area contributed by atoms with E-state index in [1.807, 2.05) is 0 Å². The predicted octanol–water partition coefficient (Wildman–Crippen LogP) is 0.533. The van der Waals surface area contributed by atoms with Gasteiger partial charge in [-0.3, -0.25) is 0 Å². The molecule has 0 heterocycles. The molecule has 3 nitrogen and oxygen atoms in total. The maximum atomic E-state index is 8.32. The zero-order valence-corrected chi connectivity index (χ0v) is 8.42. The van der Waals surface area contributed by atoms with Crippen LogP contribution in [0.4, 0.5) is 0 Å². The molecule has 3 heteroatoms. The van der Waals surface area contributed by atoms with Gasteiger partial charge in [-0.25, -0.2) is 4.84 Å². The van der Waals surface area contributed by atoms with Crippen molar-refractivity contribution in [1.29, 1.82) is 5.26 Å². The maximum Gasteiger partial charge on any atom is 0.119 e. The van der Waals surface area contributed by atoms with Gasteiger partial charge in [0.05, 0.1) is 12.5 Å². The molecule has 0 aromatic rings. The zero-order chi connectivity index (χ0) is 9.56. The Balaban J connectivity index is 3.74. The molecule has 0 fully saturated rings. The number of hydrogen-bond donors (Lipinski definition) is 1. The summed E-state index contributed by atoms with van der Waals surface area (Å²) in [5.41, 5.74) is 0. The first-order chi connectivity index (χ1) is 5.59. The molecule has 0 radical (unpaired) electrons. The van der Waals surface area contributed by atoms with Crippen LogP contribution in [0.25, 0.3) is 0 Å². The van der Waals surface area contributed by atoms with Gasteiger partial charge in [0.25, 0.3) is 0 Å². The summed E-state index contributed by atoms with van der Waals surface area (Å²) in [6.45, 7) is 8.98. The van der Waals surface area contributed by atoms with Crippen molar-refractivity contribution < 1.29 is 9.90 Å². The van der Waals surface area contributed by atoms with Crippen LogP contribution in [0.2, 0.25) is 0 Å². The van der Waals surface area contributed by atoms with Crippen molar-refractivity contribution in [2.45, 2.75) is 46.2 Å². The minimum absolute atomic E-state index is 0.448. The number of hydrogen-bond acceptors (Lipinski definition) is 2. The molecule has 12 heavy (non-hydrogen) atoms. The highest BCUT2D eigenvalue weighted by molar-refractivity contribution is 4.66. The van der Waals surface area contributed by atoms with Gasteiger partial charge in [-0.1, -0.05) is 0 Å². The normalized spacial score (nSPS) is 11.2. The number of quaternary nitrogens is 1. The highest BCUT2D eigenvalue weighted by Crippen LogP contribution is 1.80. The molecule has 0 amide bonds. The van der Waals surface area contributed by atoms with Gasteiger partial charge in [-0.15, -0.1) is 0 Å². The molecule has 0 saturated carbocycles. The van der Waals surface area contributed by atoms with Crippen LogP contribution in [0.15, 0.2) is 0 Å². The van der Waals surface area contributed by atoms with E-state index in [9.17, 15) is 0 Å². The van der Waals surface area contributed by atoms with Crippen LogP contribution in [0.5, 0.6) is 0 Å². The van der Waals surface area contributed by atoms with Crippen LogP contribution >= 0.6 is 0 Å². The molecule has 1 N–H and O–H groups in total. The summed E-state index contributed by atoms with van der Waals surface area (Å²) in [4.78, 5) is 5.50. The van der Waals surface area contributed by atoms with Crippen molar-refractivity contribution in [3.63, 3.8) is 0 Å². The van der Waals surface area contributed by atoms with Crippen LogP contribution in [0.1, 0.15) is 34.1 Å². The molecule has 70 valence electrons. The van der Waals surface area contributed by atoms with Crippen molar-refractivity contribution in [3.8, 4) is 6.07 Å². The second kappa shape index (κ2) is 5.99. The molecule has 0 atom stereocenters. The summed E-state index contributed by atoms with van der Waals surface area (Å²) in [5.74, 6) is 0. The van der Waals surface area contributed by atoms with E-state index in [1.165, 1.54) is 0 Å². The van der Waals surface area contributed by atoms with E-state index in [2.05, 4.69) is 33.8 Å². The first-order valence-electron chi connectivity index (χ1n) is 4.46. The van der Waals surface area contributed by atoms with Gasteiger partial charge in [0.2, 0.25) is 0 Å². The average Bonchev–Trinajstić information content (AvgIpc) is 1.96. The second-order valence-corrected chi connectivity index (χ2v) is 3.47. The molecule has 0 aliphatic rings. The summed E-state index contributed by atoms with van der Waals surface area (Å²) >= 11 is 0. The SMILES string of the molecule is CC(C)[NH+](OCCC#N)C(C)C. The Bertz CT molecular complexity index is 141. The van der Waals surface area contributed by atoms with E-state index in [1.54, 1.807) is 0 Å². The van der Waals surface area contributed by atoms with Gasteiger partial charge in [0, 0.05) is 0 Å². The Kier molecular flexibility index (Phi) is 5.69. The number of nitriles is 1. The molecular formula is C9H19N2O+. The predicted molar refractivity (Wildman–Crippen MR) is 47.4 cm³/mol. The van der Waals surface area contributed by atoms with Crippen molar-refractivity contribution in [3.05, 3.63) is 0 Å². The fourth-order valence-corrected chi connectivity index (χ4v) is 1.21. The summed E-state index contributed by atoms with van der Waals surface area (Å²) < 4.78 is 0. The van der Waals surface area contributed by atoms with Gasteiger partial charge in [-0.05, 0) is 27.7 Å². The van der Waals surface area contributed by atoms with Crippen LogP contribution in [0.3, 0.4) is 0 Å². The third kappa shape index (κ3) is 4.32. The highest BCUT2D eigenvalue weighted by atomic mass is 16.7. The lowest BCUT2D eigenvalue weighted by Crippen LogP contribution is -3.17. The van der Waals surface area contributed by atoms with Crippen molar-refractivity contribution in [1.82, 2.24) is 0 Å². The number of rotatable bonds is 5. The van der Waals surface area contributed by atoms with Gasteiger partial charge in [-0.2, -0.15) is 10.3 Å². The van der Waals surface area contributed by atoms with Gasteiger partial charge in [0.15, 0.2) is 0 Å². The largest absolute Gasteiger partial charge is 0.203 e. The molecule has 0 aliphatic carbocycles. The van der Waals surface area contributed by atoms with E-state index in [4.69, 9.17) is 10.1 Å². The molecule has 0 saturated heterocycles. The Hall–Kier alpha value is -0.590. The van der Waals surface area contributed by atoms with Crippen molar-refractivity contribution in [2.24, 2.45) is 0 Å². The standard InChI is InChI=1S/C9H18N2O/c1-8(2)11(9(3)4)12-7-5-6-10/h8-9H,5,7H2,1-4H3/p+1. The summed E-state index contributed by atoms with van der Waals surface area (Å²) in [6, 6.07) is 2.96. The number of nitrogens with zero attached hydrogens (tertiary/aromatic N) is 1. The Morgan fingerprint density at radius 3 is 2.08 bits per heavy atom. The molecule has 0 bridgehead atoms. The van der Waals surface area contributed by atoms with E-state index in [0.29, 0.717) is 25.1 Å². The van der Waals surface area contributed by atoms with Gasteiger partial charge < -0.3 is 0 Å². The lowest BCUT2D eigenvalue weighted by molar-refractivity contribution is -1.12. The minimum Gasteiger partial charge on any atom is -0.203 e. The number of hydroxylamine groups is 2. The molecule has 0 aliphatic heterocycles. The van der Waals surface area contributed by atoms with Crippen molar-refractivity contribution in [2.75, 3.05) is 6.61 Å². The Labute approximate surface area is 74.9 Å². The summed E-state index contributed by atoms with van der Waals surface area (Å²) in [7, 11) is 0. The van der Waals surface area contributed by atoms with E-state index < -0.39 is 0 Å². The maximum absolute atomic E-state index is 8.32. The quantitative estimate of drug-likeness (QED) is 0.484. The highest BCUT2D eigenvalue weighted by Gasteiger charge is 2.17. The Morgan fingerprint density at radius 1 is 1.25 bits per heavy atom. The van der Waals surface area contributed by atoms with E-state index >= 15 is 0 Å². The molecule has 0 unspecified atom stereocenters. The molecule has 0 aromatic carbocycles. The molecule has 0 aromatic heterocycles. The zero-order valence-electron chi connectivity index (χ0n) is 8.42. The van der Waals surface area contributed by atoms with E-state index in [-0.39, 0.29) is 0 Å². The summed E-state index contributed by atoms with van der Waals surface area (Å²) in [6.07, 6.45) is 0.475. The van der Waals surface area contributed by atoms with Crippen LogP contribution in [0, 0.1) is 11.3 Å².